The molecule has 106 valence electrons. The number of cyclic esters (lactones) is 1. The van der Waals surface area contributed by atoms with Crippen LogP contribution in [0.1, 0.15) is 5.56 Å². The summed E-state index contributed by atoms with van der Waals surface area (Å²) < 4.78 is 19.9. The van der Waals surface area contributed by atoms with E-state index in [1.165, 1.54) is 21.3 Å². The topological polar surface area (TPSA) is 71.1 Å². The third-order valence-corrected chi connectivity index (χ3v) is 2.98. The second-order valence-corrected chi connectivity index (χ2v) is 3.99. The zero-order valence-corrected chi connectivity index (χ0v) is 11.4. The van der Waals surface area contributed by atoms with Gasteiger partial charge in [-0.15, -0.1) is 0 Å². The molecule has 20 heavy (non-hydrogen) atoms. The molecule has 0 aromatic heterocycles. The summed E-state index contributed by atoms with van der Waals surface area (Å²) in [6.07, 6.45) is 0. The first-order valence-corrected chi connectivity index (χ1v) is 5.83. The average molecular weight is 278 g/mol. The Hall–Kier alpha value is -2.50. The molecule has 6 nitrogen and oxygen atoms in total. The third-order valence-electron chi connectivity index (χ3n) is 2.98. The predicted molar refractivity (Wildman–Crippen MR) is 69.4 cm³/mol. The molecule has 0 aliphatic carbocycles. The van der Waals surface area contributed by atoms with Gasteiger partial charge in [0, 0.05) is 17.2 Å². The van der Waals surface area contributed by atoms with Crippen LogP contribution in [0, 0.1) is 0 Å². The SMILES string of the molecule is COC(=O)C1=C(c2ccc(OC)cc2OC)COC1=O. The number of ether oxygens (including phenoxy) is 4. The van der Waals surface area contributed by atoms with E-state index in [4.69, 9.17) is 14.2 Å². The van der Waals surface area contributed by atoms with E-state index in [0.717, 1.165) is 0 Å². The quantitative estimate of drug-likeness (QED) is 0.608. The molecule has 1 aliphatic heterocycles. The van der Waals surface area contributed by atoms with Gasteiger partial charge in [0.15, 0.2) is 5.57 Å². The molecule has 0 saturated heterocycles. The van der Waals surface area contributed by atoms with Gasteiger partial charge in [0.05, 0.1) is 21.3 Å². The fraction of sp³-hybridized carbons (Fsp3) is 0.286. The molecule has 0 saturated carbocycles. The molecule has 0 spiro atoms. The molecule has 2 rings (SSSR count). The van der Waals surface area contributed by atoms with Crippen LogP contribution in [0.4, 0.5) is 0 Å². The van der Waals surface area contributed by atoms with E-state index in [0.29, 0.717) is 22.6 Å². The Labute approximate surface area is 115 Å². The Kier molecular flexibility index (Phi) is 3.93. The Balaban J connectivity index is 2.56. The molecule has 0 N–H and O–H groups in total. The van der Waals surface area contributed by atoms with Crippen LogP contribution in [0.25, 0.3) is 5.57 Å². The lowest BCUT2D eigenvalue weighted by atomic mass is 10.0. The molecule has 1 aliphatic rings. The van der Waals surface area contributed by atoms with Gasteiger partial charge in [-0.3, -0.25) is 0 Å². The van der Waals surface area contributed by atoms with Crippen LogP contribution in [0.15, 0.2) is 23.8 Å². The largest absolute Gasteiger partial charge is 0.497 e. The zero-order chi connectivity index (χ0) is 14.7. The lowest BCUT2D eigenvalue weighted by molar-refractivity contribution is -0.143. The Morgan fingerprint density at radius 2 is 1.95 bits per heavy atom. The van der Waals surface area contributed by atoms with Crippen LogP contribution in [0.3, 0.4) is 0 Å². The van der Waals surface area contributed by atoms with Crippen molar-refractivity contribution in [3.63, 3.8) is 0 Å². The zero-order valence-electron chi connectivity index (χ0n) is 11.4. The minimum Gasteiger partial charge on any atom is -0.497 e. The minimum atomic E-state index is -0.722. The summed E-state index contributed by atoms with van der Waals surface area (Å²) in [6, 6.07) is 5.08. The molecule has 1 aromatic carbocycles. The number of hydrogen-bond donors (Lipinski definition) is 0. The molecule has 0 fully saturated rings. The fourth-order valence-electron chi connectivity index (χ4n) is 1.97. The summed E-state index contributed by atoms with van der Waals surface area (Å²) in [4.78, 5) is 23.3. The summed E-state index contributed by atoms with van der Waals surface area (Å²) in [7, 11) is 4.24. The summed E-state index contributed by atoms with van der Waals surface area (Å²) in [6.45, 7) is 0.00591. The molecule has 1 heterocycles. The van der Waals surface area contributed by atoms with Crippen molar-refractivity contribution in [3.05, 3.63) is 29.3 Å². The maximum atomic E-state index is 11.7. The molecule has 0 radical (unpaired) electrons. The van der Waals surface area contributed by atoms with Crippen molar-refractivity contribution in [3.8, 4) is 11.5 Å². The van der Waals surface area contributed by atoms with Crippen molar-refractivity contribution in [2.75, 3.05) is 27.9 Å². The van der Waals surface area contributed by atoms with Crippen molar-refractivity contribution in [1.82, 2.24) is 0 Å². The van der Waals surface area contributed by atoms with E-state index in [1.54, 1.807) is 18.2 Å². The number of esters is 2. The van der Waals surface area contributed by atoms with E-state index in [-0.39, 0.29) is 12.2 Å². The van der Waals surface area contributed by atoms with Gasteiger partial charge in [-0.1, -0.05) is 0 Å². The number of hydrogen-bond acceptors (Lipinski definition) is 6. The number of carbonyl (C=O) groups is 2. The van der Waals surface area contributed by atoms with Gasteiger partial charge in [-0.2, -0.15) is 0 Å². The Morgan fingerprint density at radius 1 is 1.20 bits per heavy atom. The summed E-state index contributed by atoms with van der Waals surface area (Å²) >= 11 is 0. The van der Waals surface area contributed by atoms with Crippen LogP contribution in [-0.4, -0.2) is 39.9 Å². The van der Waals surface area contributed by atoms with Crippen molar-refractivity contribution < 1.29 is 28.5 Å². The first-order chi connectivity index (χ1) is 9.62. The monoisotopic (exact) mass is 278 g/mol. The van der Waals surface area contributed by atoms with Crippen LogP contribution in [-0.2, 0) is 19.1 Å². The highest BCUT2D eigenvalue weighted by atomic mass is 16.6. The fourth-order valence-corrected chi connectivity index (χ4v) is 1.97. The standard InChI is InChI=1S/C14H14O6/c1-17-8-4-5-9(11(6-8)18-2)10-7-20-14(16)12(10)13(15)19-3/h4-6H,7H2,1-3H3. The van der Waals surface area contributed by atoms with E-state index in [2.05, 4.69) is 4.74 Å². The number of carbonyl (C=O) groups excluding carboxylic acids is 2. The lowest BCUT2D eigenvalue weighted by Crippen LogP contribution is -2.12. The number of methoxy groups -OCH3 is 3. The van der Waals surface area contributed by atoms with Crippen LogP contribution in [0.2, 0.25) is 0 Å². The molecular weight excluding hydrogens is 264 g/mol. The maximum absolute atomic E-state index is 11.7. The first-order valence-electron chi connectivity index (χ1n) is 5.83. The van der Waals surface area contributed by atoms with E-state index in [1.807, 2.05) is 0 Å². The third kappa shape index (κ3) is 2.32. The highest BCUT2D eigenvalue weighted by Crippen LogP contribution is 2.35. The Bertz CT molecular complexity index is 587. The van der Waals surface area contributed by atoms with E-state index in [9.17, 15) is 9.59 Å². The smallest absolute Gasteiger partial charge is 0.346 e. The first kappa shape index (κ1) is 13.9. The summed E-state index contributed by atoms with van der Waals surface area (Å²) in [5, 5.41) is 0. The second-order valence-electron chi connectivity index (χ2n) is 3.99. The highest BCUT2D eigenvalue weighted by Gasteiger charge is 2.33. The van der Waals surface area contributed by atoms with Gasteiger partial charge in [-0.25, -0.2) is 9.59 Å². The molecular formula is C14H14O6. The predicted octanol–water partition coefficient (Wildman–Crippen LogP) is 1.19. The van der Waals surface area contributed by atoms with Crippen molar-refractivity contribution in [1.29, 1.82) is 0 Å². The number of rotatable bonds is 4. The highest BCUT2D eigenvalue weighted by molar-refractivity contribution is 6.22. The van der Waals surface area contributed by atoms with Crippen molar-refractivity contribution in [2.24, 2.45) is 0 Å². The summed E-state index contributed by atoms with van der Waals surface area (Å²) in [5.41, 5.74) is 0.942. The van der Waals surface area contributed by atoms with Crippen molar-refractivity contribution in [2.45, 2.75) is 0 Å². The Morgan fingerprint density at radius 3 is 2.55 bits per heavy atom. The van der Waals surface area contributed by atoms with E-state index < -0.39 is 11.9 Å². The van der Waals surface area contributed by atoms with Gasteiger partial charge in [0.1, 0.15) is 18.1 Å². The van der Waals surface area contributed by atoms with Gasteiger partial charge in [0.25, 0.3) is 0 Å². The van der Waals surface area contributed by atoms with Gasteiger partial charge < -0.3 is 18.9 Å². The molecule has 6 heteroatoms. The minimum absolute atomic E-state index is 0.00591. The molecule has 0 bridgehead atoms. The second kappa shape index (κ2) is 5.64. The molecule has 0 atom stereocenters. The van der Waals surface area contributed by atoms with E-state index >= 15 is 0 Å². The molecule has 0 amide bonds. The van der Waals surface area contributed by atoms with Gasteiger partial charge >= 0.3 is 11.9 Å². The van der Waals surface area contributed by atoms with Crippen molar-refractivity contribution >= 4 is 17.5 Å². The normalized spacial score (nSPS) is 14.1. The van der Waals surface area contributed by atoms with Crippen LogP contribution < -0.4 is 9.47 Å². The van der Waals surface area contributed by atoms with Gasteiger partial charge in [-0.05, 0) is 12.1 Å². The van der Waals surface area contributed by atoms with Crippen LogP contribution in [0.5, 0.6) is 11.5 Å². The average Bonchev–Trinajstić information content (AvgIpc) is 2.87. The van der Waals surface area contributed by atoms with Gasteiger partial charge in [0.2, 0.25) is 0 Å². The molecule has 1 aromatic rings. The lowest BCUT2D eigenvalue weighted by Gasteiger charge is -2.11. The van der Waals surface area contributed by atoms with Crippen LogP contribution >= 0.6 is 0 Å². The molecule has 0 unspecified atom stereocenters. The summed E-state index contributed by atoms with van der Waals surface area (Å²) in [5.74, 6) is -0.319. The maximum Gasteiger partial charge on any atom is 0.346 e. The number of benzene rings is 1.